The Balaban J connectivity index is 1.47. The third-order valence-corrected chi connectivity index (χ3v) is 8.51. The van der Waals surface area contributed by atoms with Crippen molar-refractivity contribution in [2.24, 2.45) is 5.92 Å². The Morgan fingerprint density at radius 2 is 1.81 bits per heavy atom. The van der Waals surface area contributed by atoms with Gasteiger partial charge in [0.25, 0.3) is 0 Å². The number of amides is 3. The van der Waals surface area contributed by atoms with Crippen LogP contribution in [0.2, 0.25) is 0 Å². The van der Waals surface area contributed by atoms with Gasteiger partial charge in [0.2, 0.25) is 0 Å². The van der Waals surface area contributed by atoms with Gasteiger partial charge in [-0.3, -0.25) is 0 Å². The summed E-state index contributed by atoms with van der Waals surface area (Å²) in [7, 11) is 0. The van der Waals surface area contributed by atoms with Crippen LogP contribution in [0.4, 0.5) is 4.79 Å². The zero-order chi connectivity index (χ0) is 21.6. The summed E-state index contributed by atoms with van der Waals surface area (Å²) in [5.74, 6) is -0.615. The topological polar surface area (TPSA) is 40.4 Å². The van der Waals surface area contributed by atoms with Crippen LogP contribution in [0.1, 0.15) is 5.56 Å². The van der Waals surface area contributed by atoms with Crippen molar-refractivity contribution >= 4 is 50.9 Å². The zero-order valence-corrected chi connectivity index (χ0v) is 19.1. The van der Waals surface area contributed by atoms with E-state index in [1.165, 1.54) is 4.90 Å². The first kappa shape index (κ1) is 18.6. The van der Waals surface area contributed by atoms with Gasteiger partial charge in [0.1, 0.15) is 11.6 Å². The van der Waals surface area contributed by atoms with Crippen LogP contribution in [0.25, 0.3) is 5.57 Å². The van der Waals surface area contributed by atoms with Crippen LogP contribution in [-0.4, -0.2) is 37.6 Å². The van der Waals surface area contributed by atoms with E-state index < -0.39 is 5.92 Å². The number of benzene rings is 1. The molecule has 1 aromatic carbocycles. The normalized spacial score (nSPS) is 29.3. The SMILES string of the molecule is O=C1C2C=CC(c3ccccc3)=CC2=C2C=CC3SC4C=C(Br)C=CC4=[N+]4C(=O)N1C2=C34. The molecule has 0 radical (unpaired) electrons. The number of hydrogen-bond donors (Lipinski definition) is 0. The van der Waals surface area contributed by atoms with Crippen molar-refractivity contribution in [2.75, 3.05) is 0 Å². The highest BCUT2D eigenvalue weighted by Gasteiger charge is 2.59. The first-order valence-corrected chi connectivity index (χ1v) is 12.2. The minimum absolute atomic E-state index is 0.0288. The summed E-state index contributed by atoms with van der Waals surface area (Å²) in [4.78, 5) is 28.6. The molecule has 0 aromatic heterocycles. The Hall–Kier alpha value is -2.96. The van der Waals surface area contributed by atoms with Gasteiger partial charge in [-0.15, -0.1) is 16.7 Å². The van der Waals surface area contributed by atoms with Crippen molar-refractivity contribution in [1.82, 2.24) is 4.90 Å². The summed E-state index contributed by atoms with van der Waals surface area (Å²) in [5, 5.41) is 0.0934. The average Bonchev–Trinajstić information content (AvgIpc) is 3.13. The molecule has 0 spiro atoms. The highest BCUT2D eigenvalue weighted by Crippen LogP contribution is 2.50. The van der Waals surface area contributed by atoms with E-state index in [4.69, 9.17) is 0 Å². The second-order valence-electron chi connectivity index (χ2n) is 8.34. The van der Waals surface area contributed by atoms with E-state index in [1.54, 1.807) is 16.3 Å². The fraction of sp³-hybridized carbons (Fsp3) is 0.115. The highest BCUT2D eigenvalue weighted by molar-refractivity contribution is 9.11. The summed E-state index contributed by atoms with van der Waals surface area (Å²) < 4.78 is 2.78. The number of imide groups is 1. The van der Waals surface area contributed by atoms with Crippen LogP contribution in [0.3, 0.4) is 0 Å². The number of rotatable bonds is 1. The molecule has 3 aliphatic heterocycles. The van der Waals surface area contributed by atoms with Gasteiger partial charge in [-0.2, -0.15) is 9.37 Å². The first-order valence-electron chi connectivity index (χ1n) is 10.5. The van der Waals surface area contributed by atoms with E-state index in [-0.39, 0.29) is 22.4 Å². The zero-order valence-electron chi connectivity index (χ0n) is 16.7. The number of carbonyl (C=O) groups is 2. The summed E-state index contributed by atoms with van der Waals surface area (Å²) in [6.07, 6.45) is 16.4. The number of urea groups is 1. The summed E-state index contributed by atoms with van der Waals surface area (Å²) >= 11 is 5.35. The number of hydrogen-bond acceptors (Lipinski definition) is 3. The van der Waals surface area contributed by atoms with E-state index in [2.05, 4.69) is 52.4 Å². The Labute approximate surface area is 197 Å². The van der Waals surface area contributed by atoms with Gasteiger partial charge in [-0.1, -0.05) is 70.6 Å². The molecule has 3 heterocycles. The molecule has 6 heteroatoms. The predicted octanol–water partition coefficient (Wildman–Crippen LogP) is 5.10. The van der Waals surface area contributed by atoms with Crippen LogP contribution in [0.5, 0.6) is 0 Å². The number of carbonyl (C=O) groups excluding carboxylic acids is 2. The van der Waals surface area contributed by atoms with Crippen LogP contribution < -0.4 is 0 Å². The molecule has 7 rings (SSSR count). The maximum Gasteiger partial charge on any atom is 0.511 e. The molecule has 0 N–H and O–H groups in total. The van der Waals surface area contributed by atoms with Gasteiger partial charge in [0.15, 0.2) is 11.4 Å². The third-order valence-electron chi connectivity index (χ3n) is 6.64. The van der Waals surface area contributed by atoms with Gasteiger partial charge in [0.05, 0.1) is 10.5 Å². The molecule has 0 saturated heterocycles. The number of nitrogens with zero attached hydrogens (tertiary/aromatic N) is 2. The van der Waals surface area contributed by atoms with Crippen LogP contribution in [0.15, 0.2) is 106 Å². The second-order valence-corrected chi connectivity index (χ2v) is 10.5. The molecule has 3 unspecified atom stereocenters. The van der Waals surface area contributed by atoms with Gasteiger partial charge >= 0.3 is 11.9 Å². The molecule has 4 nitrogen and oxygen atoms in total. The quantitative estimate of drug-likeness (QED) is 0.505. The second kappa shape index (κ2) is 6.53. The fourth-order valence-electron chi connectivity index (χ4n) is 5.22. The van der Waals surface area contributed by atoms with Crippen LogP contribution in [0, 0.1) is 5.92 Å². The lowest BCUT2D eigenvalue weighted by atomic mass is 9.80. The van der Waals surface area contributed by atoms with E-state index in [1.807, 2.05) is 42.5 Å². The Kier molecular flexibility index (Phi) is 3.79. The lowest BCUT2D eigenvalue weighted by molar-refractivity contribution is -0.370. The molecule has 3 atom stereocenters. The minimum Gasteiger partial charge on any atom is -0.245 e. The number of halogens is 1. The molecule has 0 fully saturated rings. The third kappa shape index (κ3) is 2.37. The van der Waals surface area contributed by atoms with E-state index in [9.17, 15) is 9.59 Å². The largest absolute Gasteiger partial charge is 0.511 e. The molecular weight excluding hydrogens is 484 g/mol. The predicted molar refractivity (Wildman–Crippen MR) is 129 cm³/mol. The smallest absolute Gasteiger partial charge is 0.245 e. The number of allylic oxidation sites excluding steroid dienone is 7. The maximum absolute atomic E-state index is 13.6. The van der Waals surface area contributed by atoms with E-state index >= 15 is 0 Å². The Morgan fingerprint density at radius 1 is 0.969 bits per heavy atom. The lowest BCUT2D eigenvalue weighted by Gasteiger charge is -2.31. The lowest BCUT2D eigenvalue weighted by Crippen LogP contribution is -2.44. The van der Waals surface area contributed by atoms with Crippen molar-refractivity contribution in [2.45, 2.75) is 10.5 Å². The van der Waals surface area contributed by atoms with Gasteiger partial charge in [0, 0.05) is 10.1 Å². The number of fused-ring (bicyclic) bond motifs is 2. The standard InChI is InChI=1S/C26H16BrN2O2S/c27-16-7-10-20-22(13-16)32-21-11-9-17-19-12-15(14-4-2-1-3-5-14)6-8-18(19)25(30)29-23(17)24(21)28(20)26(29)31/h1-13,18,21-22H/q+1. The molecular formula is C26H16BrN2O2S+. The average molecular weight is 500 g/mol. The van der Waals surface area contributed by atoms with Crippen molar-refractivity contribution in [1.29, 1.82) is 0 Å². The fourth-order valence-corrected chi connectivity index (χ4v) is 7.17. The Morgan fingerprint density at radius 3 is 2.66 bits per heavy atom. The molecule has 1 aromatic rings. The van der Waals surface area contributed by atoms with E-state index in [0.717, 1.165) is 43.9 Å². The molecule has 154 valence electrons. The molecule has 0 bridgehead atoms. The van der Waals surface area contributed by atoms with Crippen molar-refractivity contribution in [3.63, 3.8) is 0 Å². The van der Waals surface area contributed by atoms with Crippen LogP contribution in [-0.2, 0) is 4.79 Å². The molecule has 6 aliphatic rings. The van der Waals surface area contributed by atoms with Gasteiger partial charge < -0.3 is 0 Å². The van der Waals surface area contributed by atoms with Crippen molar-refractivity contribution in [3.8, 4) is 0 Å². The van der Waals surface area contributed by atoms with Gasteiger partial charge in [-0.05, 0) is 41.0 Å². The minimum atomic E-state index is -0.447. The van der Waals surface area contributed by atoms with Crippen molar-refractivity contribution in [3.05, 3.63) is 112 Å². The maximum atomic E-state index is 13.6. The first-order chi connectivity index (χ1) is 15.6. The molecule has 0 saturated carbocycles. The summed E-state index contributed by atoms with van der Waals surface area (Å²) in [6, 6.07) is 9.92. The van der Waals surface area contributed by atoms with E-state index in [0.29, 0.717) is 0 Å². The molecule has 3 amide bonds. The highest BCUT2D eigenvalue weighted by atomic mass is 79.9. The molecule has 32 heavy (non-hydrogen) atoms. The number of thioether (sulfide) groups is 1. The van der Waals surface area contributed by atoms with Gasteiger partial charge in [-0.25, -0.2) is 4.79 Å². The summed E-state index contributed by atoms with van der Waals surface area (Å²) in [5.41, 5.74) is 6.74. The summed E-state index contributed by atoms with van der Waals surface area (Å²) in [6.45, 7) is 0. The Bertz CT molecular complexity index is 1400. The monoisotopic (exact) mass is 499 g/mol. The van der Waals surface area contributed by atoms with Crippen LogP contribution >= 0.6 is 27.7 Å². The molecule has 3 aliphatic carbocycles. The van der Waals surface area contributed by atoms with Crippen molar-refractivity contribution < 1.29 is 14.2 Å².